The standard InChI is InChI=1S/C21H26FN5O/c1-3-4-10-21(2,14-28)27-19-18-17(11-16(22)13-23-18)25-20(26-19)24-12-15-8-6-5-7-9-15/h5-9,11,13,28H,3-4,10,12,14H2,1-2H3,(H2,24,25,26,27)/t21-/m1/s1. The Kier molecular flexibility index (Phi) is 6.36. The lowest BCUT2D eigenvalue weighted by atomic mass is 9.96. The third-order valence-corrected chi connectivity index (χ3v) is 4.65. The molecule has 0 fully saturated rings. The van der Waals surface area contributed by atoms with Crippen LogP contribution in [0.25, 0.3) is 11.0 Å². The van der Waals surface area contributed by atoms with Crippen LogP contribution < -0.4 is 10.6 Å². The first-order chi connectivity index (χ1) is 13.5. The molecular formula is C21H26FN5O. The van der Waals surface area contributed by atoms with Crippen LogP contribution in [0.5, 0.6) is 0 Å². The Labute approximate surface area is 164 Å². The van der Waals surface area contributed by atoms with Crippen LogP contribution in [-0.2, 0) is 6.54 Å². The molecule has 28 heavy (non-hydrogen) atoms. The van der Waals surface area contributed by atoms with Gasteiger partial charge in [0.1, 0.15) is 11.3 Å². The Morgan fingerprint density at radius 2 is 1.96 bits per heavy atom. The molecule has 148 valence electrons. The number of fused-ring (bicyclic) bond motifs is 1. The molecule has 0 saturated heterocycles. The molecule has 0 unspecified atom stereocenters. The third kappa shape index (κ3) is 4.92. The van der Waals surface area contributed by atoms with Gasteiger partial charge in [-0.15, -0.1) is 0 Å². The number of hydrogen-bond donors (Lipinski definition) is 3. The summed E-state index contributed by atoms with van der Waals surface area (Å²) >= 11 is 0. The maximum Gasteiger partial charge on any atom is 0.225 e. The first kappa shape index (κ1) is 19.9. The highest BCUT2D eigenvalue weighted by molar-refractivity contribution is 5.86. The lowest BCUT2D eigenvalue weighted by Crippen LogP contribution is -2.39. The highest BCUT2D eigenvalue weighted by Gasteiger charge is 2.25. The van der Waals surface area contributed by atoms with Crippen molar-refractivity contribution in [3.63, 3.8) is 0 Å². The average molecular weight is 383 g/mol. The van der Waals surface area contributed by atoms with Crippen LogP contribution in [0.15, 0.2) is 42.6 Å². The number of nitrogens with zero attached hydrogens (tertiary/aromatic N) is 3. The fourth-order valence-corrected chi connectivity index (χ4v) is 2.97. The summed E-state index contributed by atoms with van der Waals surface area (Å²) in [6, 6.07) is 11.2. The zero-order valence-corrected chi connectivity index (χ0v) is 16.2. The molecule has 0 aliphatic carbocycles. The Morgan fingerprint density at radius 3 is 2.68 bits per heavy atom. The number of anilines is 2. The third-order valence-electron chi connectivity index (χ3n) is 4.65. The number of halogens is 1. The van der Waals surface area contributed by atoms with E-state index in [0.29, 0.717) is 29.3 Å². The SMILES string of the molecule is CCCC[C@](C)(CO)Nc1nc(NCc2ccccc2)nc2cc(F)cnc12. The number of aliphatic hydroxyl groups excluding tert-OH is 1. The van der Waals surface area contributed by atoms with Gasteiger partial charge in [-0.3, -0.25) is 0 Å². The van der Waals surface area contributed by atoms with E-state index in [0.717, 1.165) is 31.0 Å². The summed E-state index contributed by atoms with van der Waals surface area (Å²) in [6.45, 7) is 4.54. The van der Waals surface area contributed by atoms with Crippen LogP contribution in [0.4, 0.5) is 16.2 Å². The van der Waals surface area contributed by atoms with Gasteiger partial charge in [-0.05, 0) is 18.9 Å². The fraction of sp³-hybridized carbons (Fsp3) is 0.381. The van der Waals surface area contributed by atoms with E-state index in [1.807, 2.05) is 37.3 Å². The van der Waals surface area contributed by atoms with Gasteiger partial charge in [-0.1, -0.05) is 50.1 Å². The molecule has 6 nitrogen and oxygen atoms in total. The van der Waals surface area contributed by atoms with E-state index >= 15 is 0 Å². The van der Waals surface area contributed by atoms with Gasteiger partial charge >= 0.3 is 0 Å². The number of benzene rings is 1. The molecule has 0 bridgehead atoms. The minimum absolute atomic E-state index is 0.0491. The Hall–Kier alpha value is -2.80. The minimum Gasteiger partial charge on any atom is -0.394 e. The Balaban J connectivity index is 1.92. The Bertz CT molecular complexity index is 921. The van der Waals surface area contributed by atoms with Crippen LogP contribution in [0.3, 0.4) is 0 Å². The van der Waals surface area contributed by atoms with Crippen LogP contribution >= 0.6 is 0 Å². The molecule has 3 N–H and O–H groups in total. The summed E-state index contributed by atoms with van der Waals surface area (Å²) in [4.78, 5) is 13.1. The number of unbranched alkanes of at least 4 members (excludes halogenated alkanes) is 1. The summed E-state index contributed by atoms with van der Waals surface area (Å²) in [6.07, 6.45) is 3.92. The van der Waals surface area contributed by atoms with Crippen LogP contribution in [0.1, 0.15) is 38.7 Å². The summed E-state index contributed by atoms with van der Waals surface area (Å²) in [5.41, 5.74) is 1.41. The quantitative estimate of drug-likeness (QED) is 0.515. The van der Waals surface area contributed by atoms with Crippen molar-refractivity contribution in [2.45, 2.75) is 45.2 Å². The average Bonchev–Trinajstić information content (AvgIpc) is 2.71. The second-order valence-electron chi connectivity index (χ2n) is 7.20. The number of hydrogen-bond acceptors (Lipinski definition) is 6. The molecule has 1 aromatic carbocycles. The van der Waals surface area contributed by atoms with E-state index in [4.69, 9.17) is 0 Å². The van der Waals surface area contributed by atoms with Crippen molar-refractivity contribution < 1.29 is 9.50 Å². The molecule has 3 aromatic rings. The van der Waals surface area contributed by atoms with Gasteiger partial charge in [0.2, 0.25) is 5.95 Å². The van der Waals surface area contributed by atoms with E-state index in [1.54, 1.807) is 0 Å². The van der Waals surface area contributed by atoms with Gasteiger partial charge in [-0.2, -0.15) is 4.98 Å². The summed E-state index contributed by atoms with van der Waals surface area (Å²) < 4.78 is 13.7. The lowest BCUT2D eigenvalue weighted by Gasteiger charge is -2.29. The van der Waals surface area contributed by atoms with Gasteiger partial charge in [0.25, 0.3) is 0 Å². The summed E-state index contributed by atoms with van der Waals surface area (Å²) in [5, 5.41) is 16.4. The smallest absolute Gasteiger partial charge is 0.225 e. The predicted octanol–water partition coefficient (Wildman–Crippen LogP) is 4.13. The van der Waals surface area contributed by atoms with Crippen LogP contribution in [0, 0.1) is 5.82 Å². The van der Waals surface area contributed by atoms with Crippen molar-refractivity contribution in [2.24, 2.45) is 0 Å². The number of aliphatic hydroxyl groups is 1. The molecule has 0 saturated carbocycles. The maximum absolute atomic E-state index is 13.7. The van der Waals surface area contributed by atoms with Gasteiger partial charge in [0, 0.05) is 12.6 Å². The first-order valence-electron chi connectivity index (χ1n) is 9.53. The van der Waals surface area contributed by atoms with Gasteiger partial charge in [0.05, 0.1) is 23.9 Å². The molecular weight excluding hydrogens is 357 g/mol. The fourth-order valence-electron chi connectivity index (χ4n) is 2.97. The molecule has 1 atom stereocenters. The molecule has 7 heteroatoms. The van der Waals surface area contributed by atoms with Crippen molar-refractivity contribution >= 4 is 22.8 Å². The van der Waals surface area contributed by atoms with Crippen molar-refractivity contribution in [2.75, 3.05) is 17.2 Å². The highest BCUT2D eigenvalue weighted by Crippen LogP contribution is 2.26. The zero-order chi connectivity index (χ0) is 20.0. The second kappa shape index (κ2) is 8.93. The number of pyridine rings is 1. The van der Waals surface area contributed by atoms with Crippen molar-refractivity contribution in [1.82, 2.24) is 15.0 Å². The molecule has 3 rings (SSSR count). The normalized spacial score (nSPS) is 13.3. The van der Waals surface area contributed by atoms with Gasteiger partial charge in [-0.25, -0.2) is 14.4 Å². The predicted molar refractivity (Wildman–Crippen MR) is 110 cm³/mol. The molecule has 2 aromatic heterocycles. The van der Waals surface area contributed by atoms with Gasteiger partial charge in [0.15, 0.2) is 5.82 Å². The maximum atomic E-state index is 13.7. The van der Waals surface area contributed by atoms with E-state index in [-0.39, 0.29) is 6.61 Å². The van der Waals surface area contributed by atoms with Crippen molar-refractivity contribution in [3.05, 3.63) is 54.0 Å². The van der Waals surface area contributed by atoms with E-state index in [2.05, 4.69) is 32.5 Å². The Morgan fingerprint density at radius 1 is 1.18 bits per heavy atom. The van der Waals surface area contributed by atoms with Crippen molar-refractivity contribution in [1.29, 1.82) is 0 Å². The largest absolute Gasteiger partial charge is 0.394 e. The topological polar surface area (TPSA) is 83.0 Å². The summed E-state index contributed by atoms with van der Waals surface area (Å²) in [7, 11) is 0. The summed E-state index contributed by atoms with van der Waals surface area (Å²) in [5.74, 6) is 0.400. The first-order valence-corrected chi connectivity index (χ1v) is 9.53. The lowest BCUT2D eigenvalue weighted by molar-refractivity contribution is 0.212. The van der Waals surface area contributed by atoms with E-state index < -0.39 is 11.4 Å². The van der Waals surface area contributed by atoms with E-state index in [9.17, 15) is 9.50 Å². The highest BCUT2D eigenvalue weighted by atomic mass is 19.1. The van der Waals surface area contributed by atoms with Crippen molar-refractivity contribution in [3.8, 4) is 0 Å². The number of rotatable bonds is 9. The van der Waals surface area contributed by atoms with Crippen LogP contribution in [0.2, 0.25) is 0 Å². The number of aromatic nitrogens is 3. The molecule has 0 aliphatic rings. The molecule has 2 heterocycles. The molecule has 0 amide bonds. The molecule has 0 aliphatic heterocycles. The van der Waals surface area contributed by atoms with Crippen LogP contribution in [-0.4, -0.2) is 32.2 Å². The zero-order valence-electron chi connectivity index (χ0n) is 16.2. The molecule has 0 spiro atoms. The molecule has 0 radical (unpaired) electrons. The second-order valence-corrected chi connectivity index (χ2v) is 7.20. The minimum atomic E-state index is -0.552. The number of nitrogens with one attached hydrogen (secondary N) is 2. The monoisotopic (exact) mass is 383 g/mol. The van der Waals surface area contributed by atoms with Gasteiger partial charge < -0.3 is 15.7 Å². The van der Waals surface area contributed by atoms with E-state index in [1.165, 1.54) is 6.07 Å².